The molecule has 1 nitrogen and oxygen atoms in total. The third kappa shape index (κ3) is 1.69. The molecule has 0 aliphatic carbocycles. The first-order chi connectivity index (χ1) is 6.27. The fourth-order valence-electron chi connectivity index (χ4n) is 1.16. The number of nitrogen functional groups attached to an aromatic ring is 1. The first-order valence-electron chi connectivity index (χ1n) is 3.86. The molecule has 1 heterocycles. The van der Waals surface area contributed by atoms with Crippen LogP contribution in [0.15, 0.2) is 35.7 Å². The van der Waals surface area contributed by atoms with Crippen molar-refractivity contribution in [3.63, 3.8) is 0 Å². The summed E-state index contributed by atoms with van der Waals surface area (Å²) in [4.78, 5) is 1.15. The fraction of sp³-hybridized carbons (Fsp3) is 0. The highest BCUT2D eigenvalue weighted by Gasteiger charge is 2.03. The van der Waals surface area contributed by atoms with E-state index in [2.05, 4.69) is 0 Å². The van der Waals surface area contributed by atoms with Crippen LogP contribution in [0, 0.1) is 0 Å². The van der Waals surface area contributed by atoms with E-state index in [1.807, 2.05) is 29.6 Å². The van der Waals surface area contributed by atoms with Gasteiger partial charge in [0.1, 0.15) is 0 Å². The predicted octanol–water partition coefficient (Wildman–Crippen LogP) is 3.65. The van der Waals surface area contributed by atoms with E-state index in [0.717, 1.165) is 21.2 Å². The summed E-state index contributed by atoms with van der Waals surface area (Å²) in [5, 5.41) is 2.77. The molecule has 1 aromatic heterocycles. The smallest absolute Gasteiger partial charge is 0.0494 e. The minimum absolute atomic E-state index is 0.743. The van der Waals surface area contributed by atoms with E-state index in [-0.39, 0.29) is 0 Å². The quantitative estimate of drug-likeness (QED) is 0.713. The summed E-state index contributed by atoms with van der Waals surface area (Å²) in [6, 6.07) is 9.56. The number of nitrogens with two attached hydrogens (primary N) is 1. The van der Waals surface area contributed by atoms with Gasteiger partial charge in [-0.3, -0.25) is 0 Å². The third-order valence-corrected chi connectivity index (χ3v) is 3.01. The van der Waals surface area contributed by atoms with Crippen LogP contribution in [0.5, 0.6) is 0 Å². The summed E-state index contributed by atoms with van der Waals surface area (Å²) in [5.41, 5.74) is 7.43. The summed E-state index contributed by atoms with van der Waals surface area (Å²) in [7, 11) is 0. The second kappa shape index (κ2) is 3.40. The van der Waals surface area contributed by atoms with Gasteiger partial charge in [-0.1, -0.05) is 17.7 Å². The zero-order chi connectivity index (χ0) is 9.26. The molecule has 0 aliphatic rings. The van der Waals surface area contributed by atoms with Crippen molar-refractivity contribution >= 4 is 28.6 Å². The summed E-state index contributed by atoms with van der Waals surface area (Å²) in [5.74, 6) is 0. The molecule has 0 atom stereocenters. The lowest BCUT2D eigenvalue weighted by Crippen LogP contribution is -1.84. The molecular weight excluding hydrogens is 202 g/mol. The number of rotatable bonds is 1. The van der Waals surface area contributed by atoms with E-state index in [0.29, 0.717) is 0 Å². The Bertz CT molecular complexity index is 409. The highest BCUT2D eigenvalue weighted by atomic mass is 35.5. The molecule has 1 aromatic carbocycles. The van der Waals surface area contributed by atoms with Crippen LogP contribution in [0.2, 0.25) is 5.02 Å². The van der Waals surface area contributed by atoms with Gasteiger partial charge in [-0.15, -0.1) is 11.3 Å². The van der Waals surface area contributed by atoms with Crippen LogP contribution in [0.3, 0.4) is 0 Å². The Kier molecular flexibility index (Phi) is 2.25. The van der Waals surface area contributed by atoms with Crippen molar-refractivity contribution in [3.05, 3.63) is 40.7 Å². The fourth-order valence-corrected chi connectivity index (χ4v) is 2.20. The lowest BCUT2D eigenvalue weighted by molar-refractivity contribution is 1.67. The molecule has 0 saturated carbocycles. The van der Waals surface area contributed by atoms with Gasteiger partial charge in [-0.2, -0.15) is 0 Å². The standard InChI is InChI=1S/C10H8ClNS/c11-9-4-3-7(12)6-8(9)10-2-1-5-13-10/h1-6H,12H2. The van der Waals surface area contributed by atoms with Gasteiger partial charge in [-0.05, 0) is 29.6 Å². The molecule has 2 rings (SSSR count). The van der Waals surface area contributed by atoms with Gasteiger partial charge < -0.3 is 5.73 Å². The van der Waals surface area contributed by atoms with Crippen LogP contribution >= 0.6 is 22.9 Å². The molecule has 0 aliphatic heterocycles. The molecule has 0 fully saturated rings. The van der Waals surface area contributed by atoms with Crippen LogP contribution in [0.25, 0.3) is 10.4 Å². The van der Waals surface area contributed by atoms with Gasteiger partial charge in [0.2, 0.25) is 0 Å². The Balaban J connectivity index is 2.57. The molecule has 0 radical (unpaired) electrons. The Morgan fingerprint density at radius 2 is 2.08 bits per heavy atom. The van der Waals surface area contributed by atoms with Crippen molar-refractivity contribution in [1.29, 1.82) is 0 Å². The number of thiophene rings is 1. The van der Waals surface area contributed by atoms with Gasteiger partial charge in [0.25, 0.3) is 0 Å². The van der Waals surface area contributed by atoms with Crippen molar-refractivity contribution in [2.45, 2.75) is 0 Å². The largest absolute Gasteiger partial charge is 0.399 e. The minimum Gasteiger partial charge on any atom is -0.399 e. The molecular formula is C10H8ClNS. The molecule has 66 valence electrons. The lowest BCUT2D eigenvalue weighted by atomic mass is 10.2. The van der Waals surface area contributed by atoms with Crippen molar-refractivity contribution in [3.8, 4) is 10.4 Å². The van der Waals surface area contributed by atoms with Gasteiger partial charge in [0.05, 0.1) is 0 Å². The zero-order valence-corrected chi connectivity index (χ0v) is 8.40. The van der Waals surface area contributed by atoms with Crippen LogP contribution in [0.1, 0.15) is 0 Å². The van der Waals surface area contributed by atoms with E-state index in [9.17, 15) is 0 Å². The summed E-state index contributed by atoms with van der Waals surface area (Å²) < 4.78 is 0. The number of halogens is 1. The molecule has 3 heteroatoms. The van der Waals surface area contributed by atoms with E-state index < -0.39 is 0 Å². The highest BCUT2D eigenvalue weighted by molar-refractivity contribution is 7.13. The minimum atomic E-state index is 0.743. The number of benzene rings is 1. The number of anilines is 1. The molecule has 0 unspecified atom stereocenters. The van der Waals surface area contributed by atoms with Crippen molar-refractivity contribution in [1.82, 2.24) is 0 Å². The summed E-state index contributed by atoms with van der Waals surface area (Å²) >= 11 is 7.70. The van der Waals surface area contributed by atoms with E-state index >= 15 is 0 Å². The van der Waals surface area contributed by atoms with Gasteiger partial charge >= 0.3 is 0 Å². The van der Waals surface area contributed by atoms with Crippen molar-refractivity contribution in [2.75, 3.05) is 5.73 Å². The Labute approximate surface area is 85.8 Å². The van der Waals surface area contributed by atoms with Gasteiger partial charge in [0, 0.05) is 21.2 Å². The second-order valence-corrected chi connectivity index (χ2v) is 4.07. The highest BCUT2D eigenvalue weighted by Crippen LogP contribution is 2.32. The molecule has 0 spiro atoms. The van der Waals surface area contributed by atoms with Crippen LogP contribution in [0.4, 0.5) is 5.69 Å². The zero-order valence-electron chi connectivity index (χ0n) is 6.83. The van der Waals surface area contributed by atoms with Crippen molar-refractivity contribution in [2.24, 2.45) is 0 Å². The average molecular weight is 210 g/mol. The van der Waals surface area contributed by atoms with Gasteiger partial charge in [0.15, 0.2) is 0 Å². The lowest BCUT2D eigenvalue weighted by Gasteiger charge is -2.01. The normalized spacial score (nSPS) is 10.2. The van der Waals surface area contributed by atoms with E-state index in [4.69, 9.17) is 17.3 Å². The first-order valence-corrected chi connectivity index (χ1v) is 5.12. The van der Waals surface area contributed by atoms with Crippen molar-refractivity contribution < 1.29 is 0 Å². The maximum Gasteiger partial charge on any atom is 0.0494 e. The topological polar surface area (TPSA) is 26.0 Å². The van der Waals surface area contributed by atoms with Crippen LogP contribution in [-0.2, 0) is 0 Å². The van der Waals surface area contributed by atoms with Crippen LogP contribution < -0.4 is 5.73 Å². The summed E-state index contributed by atoms with van der Waals surface area (Å²) in [6.45, 7) is 0. The average Bonchev–Trinajstić information content (AvgIpc) is 2.61. The molecule has 13 heavy (non-hydrogen) atoms. The predicted molar refractivity (Wildman–Crippen MR) is 59.2 cm³/mol. The molecule has 2 N–H and O–H groups in total. The number of hydrogen-bond donors (Lipinski definition) is 1. The number of hydrogen-bond acceptors (Lipinski definition) is 2. The third-order valence-electron chi connectivity index (χ3n) is 1.78. The monoisotopic (exact) mass is 209 g/mol. The summed E-state index contributed by atoms with van der Waals surface area (Å²) in [6.07, 6.45) is 0. The Hall–Kier alpha value is -0.990. The van der Waals surface area contributed by atoms with E-state index in [1.54, 1.807) is 17.4 Å². The maximum atomic E-state index is 6.04. The second-order valence-electron chi connectivity index (χ2n) is 2.72. The molecule has 0 saturated heterocycles. The molecule has 0 amide bonds. The van der Waals surface area contributed by atoms with Gasteiger partial charge in [-0.25, -0.2) is 0 Å². The SMILES string of the molecule is Nc1ccc(Cl)c(-c2cccs2)c1. The molecule has 2 aromatic rings. The molecule has 0 bridgehead atoms. The Morgan fingerprint density at radius 1 is 1.23 bits per heavy atom. The maximum absolute atomic E-state index is 6.04. The first kappa shape index (κ1) is 8.60. The van der Waals surface area contributed by atoms with Crippen LogP contribution in [-0.4, -0.2) is 0 Å². The Morgan fingerprint density at radius 3 is 2.77 bits per heavy atom. The van der Waals surface area contributed by atoms with E-state index in [1.165, 1.54) is 0 Å².